The van der Waals surface area contributed by atoms with Crippen molar-refractivity contribution >= 4 is 41.8 Å². The van der Waals surface area contributed by atoms with Crippen LogP contribution in [0.1, 0.15) is 6.42 Å². The van der Waals surface area contributed by atoms with Crippen LogP contribution in [0.2, 0.25) is 0 Å². The predicted octanol–water partition coefficient (Wildman–Crippen LogP) is -32.8. The number of hydrogen-bond donors (Lipinski definition) is 0. The predicted molar refractivity (Wildman–Crippen MR) is 50.5 cm³/mol. The molecule has 33 heavy (non-hydrogen) atoms. The number of aliphatic carboxylic acids is 7. The summed E-state index contributed by atoms with van der Waals surface area (Å²) in [4.78, 5) is 79.6. The second-order valence-corrected chi connectivity index (χ2v) is 5.26. The maximum absolute atomic E-state index is 11.5. The van der Waals surface area contributed by atoms with E-state index in [1.165, 1.54) is 0 Å². The van der Waals surface area contributed by atoms with E-state index >= 15 is 0 Å². The average Bonchev–Trinajstić information content (AvgIpc) is 2.77. The molecule has 0 amide bonds. The molecule has 1 rings (SSSR count). The van der Waals surface area contributed by atoms with Gasteiger partial charge in [0.2, 0.25) is 0 Å². The van der Waals surface area contributed by atoms with Gasteiger partial charge in [-0.05, 0) is 6.42 Å². The van der Waals surface area contributed by atoms with E-state index in [9.17, 15) is 69.3 Å². The molecule has 0 aromatic carbocycles. The van der Waals surface area contributed by atoms with Gasteiger partial charge in [0.15, 0.2) is 0 Å². The topological polar surface area (TPSA) is 281 Å². The third kappa shape index (κ3) is 9.61. The Morgan fingerprint density at radius 3 is 0.909 bits per heavy atom. The van der Waals surface area contributed by atoms with E-state index in [0.29, 0.717) is 0 Å². The molecule has 0 aliphatic heterocycles. The van der Waals surface area contributed by atoms with E-state index in [2.05, 4.69) is 0 Å². The van der Waals surface area contributed by atoms with Crippen molar-refractivity contribution in [3.63, 3.8) is 0 Å². The molecule has 21 heteroatoms. The van der Waals surface area contributed by atoms with Crippen molar-refractivity contribution in [2.45, 2.75) is 6.42 Å². The molecule has 1 aliphatic carbocycles. The molecule has 0 spiro atoms. The molecular weight excluding hydrogens is 642 g/mol. The summed E-state index contributed by atoms with van der Waals surface area (Å²) in [5.41, 5.74) is -14.5. The molecular formula is C12H3K7O14. The minimum Gasteiger partial charge on any atom is -0.550 e. The van der Waals surface area contributed by atoms with Crippen LogP contribution >= 0.6 is 0 Å². The first-order valence-corrected chi connectivity index (χ1v) is 6.20. The standard InChI is InChI=1S/C12H10O14.7K/c13-3(14)2-1-10(4(15)16,5(17)18)12(8(23)24,9(25)26)11(2,6(19)20)7(21)22;;;;;;;/h2H,1H2,(H,13,14)(H,15,16)(H,17,18)(H,19,20)(H,21,22)(H,23,24)(H,25,26);;;;;;;/q;7*+1/p-7. The first-order valence-electron chi connectivity index (χ1n) is 6.20. The summed E-state index contributed by atoms with van der Waals surface area (Å²) in [5.74, 6) is -26.1. The van der Waals surface area contributed by atoms with Crippen molar-refractivity contribution in [2.75, 3.05) is 0 Å². The molecule has 0 heterocycles. The van der Waals surface area contributed by atoms with Crippen LogP contribution in [-0.4, -0.2) is 41.8 Å². The molecule has 0 aromatic heterocycles. The number of rotatable bonds is 7. The summed E-state index contributed by atoms with van der Waals surface area (Å²) in [6.45, 7) is 0. The Labute approximate surface area is 483 Å². The minimum absolute atomic E-state index is 0. The quantitative estimate of drug-likeness (QED) is 0.184. The first kappa shape index (κ1) is 56.5. The molecule has 1 aliphatic rings. The van der Waals surface area contributed by atoms with Gasteiger partial charge < -0.3 is 69.3 Å². The van der Waals surface area contributed by atoms with Gasteiger partial charge in [0.25, 0.3) is 0 Å². The second kappa shape index (κ2) is 23.2. The molecule has 0 radical (unpaired) electrons. The van der Waals surface area contributed by atoms with E-state index in [1.54, 1.807) is 0 Å². The molecule has 0 bridgehead atoms. The number of hydrogen-bond acceptors (Lipinski definition) is 14. The van der Waals surface area contributed by atoms with Crippen molar-refractivity contribution in [2.24, 2.45) is 22.2 Å². The van der Waals surface area contributed by atoms with Crippen LogP contribution in [0.15, 0.2) is 0 Å². The van der Waals surface area contributed by atoms with Gasteiger partial charge in [0.1, 0.15) is 0 Å². The number of carboxylic acid groups (broad SMARTS) is 7. The van der Waals surface area contributed by atoms with Gasteiger partial charge in [-0.2, -0.15) is 0 Å². The van der Waals surface area contributed by atoms with Gasteiger partial charge in [-0.1, -0.05) is 0 Å². The SMILES string of the molecule is O=C([O-])C1CC(C(=O)[O-])(C(=O)[O-])C(C(=O)[O-])(C(=O)[O-])C1(C(=O)[O-])C(=O)[O-].[K+].[K+].[K+].[K+].[K+].[K+].[K+]. The maximum atomic E-state index is 11.5. The fourth-order valence-corrected chi connectivity index (χ4v) is 3.45. The number of carboxylic acids is 7. The Balaban J connectivity index is -0.000000193. The fourth-order valence-electron chi connectivity index (χ4n) is 3.45. The van der Waals surface area contributed by atoms with Crippen molar-refractivity contribution < 1.29 is 429 Å². The van der Waals surface area contributed by atoms with E-state index in [-0.39, 0.29) is 360 Å². The normalized spacial score (nSPS) is 17.4. The van der Waals surface area contributed by atoms with Crippen LogP contribution in [0.5, 0.6) is 0 Å². The maximum Gasteiger partial charge on any atom is 1.00 e. The summed E-state index contributed by atoms with van der Waals surface area (Å²) in [5, 5.41) is 79.6. The van der Waals surface area contributed by atoms with Crippen LogP contribution in [0.3, 0.4) is 0 Å². The van der Waals surface area contributed by atoms with Crippen LogP contribution in [0.25, 0.3) is 0 Å². The third-order valence-corrected chi connectivity index (χ3v) is 4.50. The largest absolute Gasteiger partial charge is 1.00 e. The minimum atomic E-state index is -5.10. The van der Waals surface area contributed by atoms with E-state index in [0.717, 1.165) is 0 Å². The van der Waals surface area contributed by atoms with E-state index in [1.807, 2.05) is 0 Å². The molecule has 0 N–H and O–H groups in total. The summed E-state index contributed by atoms with van der Waals surface area (Å²) in [6.07, 6.45) is -2.26. The Morgan fingerprint density at radius 2 is 0.758 bits per heavy atom. The van der Waals surface area contributed by atoms with Gasteiger partial charge in [0, 0.05) is 11.9 Å². The van der Waals surface area contributed by atoms with Crippen molar-refractivity contribution in [3.05, 3.63) is 0 Å². The van der Waals surface area contributed by atoms with Crippen molar-refractivity contribution in [1.82, 2.24) is 0 Å². The summed E-state index contributed by atoms with van der Waals surface area (Å²) < 4.78 is 0. The van der Waals surface area contributed by atoms with Crippen LogP contribution in [-0.2, 0) is 33.6 Å². The Hall–Kier alpha value is 7.74. The van der Waals surface area contributed by atoms with Gasteiger partial charge in [0.05, 0.1) is 52.1 Å². The molecule has 1 atom stereocenters. The van der Waals surface area contributed by atoms with Gasteiger partial charge in [-0.25, -0.2) is 0 Å². The third-order valence-electron chi connectivity index (χ3n) is 4.50. The van der Waals surface area contributed by atoms with Crippen molar-refractivity contribution in [3.8, 4) is 0 Å². The summed E-state index contributed by atoms with van der Waals surface area (Å²) >= 11 is 0. The zero-order chi connectivity index (χ0) is 20.8. The monoisotopic (exact) mass is 644 g/mol. The Morgan fingerprint density at radius 1 is 0.485 bits per heavy atom. The Kier molecular flexibility index (Phi) is 39.7. The smallest absolute Gasteiger partial charge is 0.550 e. The molecule has 0 aromatic rings. The Bertz CT molecular complexity index is 742. The molecule has 1 fully saturated rings. The molecule has 142 valence electrons. The zero-order valence-corrected chi connectivity index (χ0v) is 40.9. The zero-order valence-electron chi connectivity index (χ0n) is 19.0. The van der Waals surface area contributed by atoms with Crippen LogP contribution in [0, 0.1) is 22.2 Å². The van der Waals surface area contributed by atoms with Gasteiger partial charge in [-0.3, -0.25) is 0 Å². The molecule has 1 saturated carbocycles. The van der Waals surface area contributed by atoms with Gasteiger partial charge in [-0.15, -0.1) is 0 Å². The molecule has 1 unspecified atom stereocenters. The molecule has 14 nitrogen and oxygen atoms in total. The fraction of sp³-hybridized carbons (Fsp3) is 0.417. The van der Waals surface area contributed by atoms with Crippen molar-refractivity contribution in [1.29, 1.82) is 0 Å². The molecule has 0 saturated heterocycles. The number of carbonyl (C=O) groups is 7. The second-order valence-electron chi connectivity index (χ2n) is 5.26. The van der Waals surface area contributed by atoms with Crippen LogP contribution in [0.4, 0.5) is 0 Å². The van der Waals surface area contributed by atoms with E-state index in [4.69, 9.17) is 0 Å². The van der Waals surface area contributed by atoms with Gasteiger partial charge >= 0.3 is 360 Å². The summed E-state index contributed by atoms with van der Waals surface area (Å²) in [6, 6.07) is 0. The summed E-state index contributed by atoms with van der Waals surface area (Å²) in [7, 11) is 0. The average molecular weight is 645 g/mol. The van der Waals surface area contributed by atoms with Crippen LogP contribution < -0.4 is 395 Å². The first-order chi connectivity index (χ1) is 11.7. The number of carbonyl (C=O) groups excluding carboxylic acids is 7. The van der Waals surface area contributed by atoms with E-state index < -0.39 is 70.4 Å².